The molecular weight excluding hydrogens is 260 g/mol. The zero-order valence-electron chi connectivity index (χ0n) is 9.89. The van der Waals surface area contributed by atoms with Crippen LogP contribution in [0.2, 0.25) is 0 Å². The van der Waals surface area contributed by atoms with Crippen LogP contribution in [0.15, 0.2) is 9.00 Å². The molecule has 1 aliphatic rings. The van der Waals surface area contributed by atoms with Gasteiger partial charge in [0.2, 0.25) is 0 Å². The third kappa shape index (κ3) is 2.46. The summed E-state index contributed by atoms with van der Waals surface area (Å²) in [6.07, 6.45) is 3.39. The predicted octanol–water partition coefficient (Wildman–Crippen LogP) is 1.17. The van der Waals surface area contributed by atoms with Crippen LogP contribution >= 0.6 is 11.3 Å². The van der Waals surface area contributed by atoms with Crippen LogP contribution in [-0.2, 0) is 10.0 Å². The van der Waals surface area contributed by atoms with Crippen LogP contribution in [0.5, 0.6) is 0 Å². The summed E-state index contributed by atoms with van der Waals surface area (Å²) >= 11 is 0.762. The molecule has 0 aliphatic heterocycles. The van der Waals surface area contributed by atoms with Gasteiger partial charge < -0.3 is 4.98 Å². The number of rotatable bonds is 4. The summed E-state index contributed by atoms with van der Waals surface area (Å²) in [6.45, 7) is 2.16. The van der Waals surface area contributed by atoms with E-state index < -0.39 is 10.0 Å². The Labute approximate surface area is 105 Å². The van der Waals surface area contributed by atoms with Gasteiger partial charge in [0.15, 0.2) is 4.21 Å². The van der Waals surface area contributed by atoms with E-state index in [1.807, 2.05) is 0 Å². The topological polar surface area (TPSA) is 70.2 Å². The monoisotopic (exact) mass is 276 g/mol. The maximum absolute atomic E-state index is 12.2. The summed E-state index contributed by atoms with van der Waals surface area (Å²) in [5.41, 5.74) is 0.431. The highest BCUT2D eigenvalue weighted by atomic mass is 32.2. The van der Waals surface area contributed by atoms with E-state index in [2.05, 4.69) is 4.98 Å². The van der Waals surface area contributed by atoms with Gasteiger partial charge in [-0.25, -0.2) is 8.42 Å². The molecule has 7 heteroatoms. The van der Waals surface area contributed by atoms with Crippen molar-refractivity contribution < 1.29 is 8.42 Å². The minimum Gasteiger partial charge on any atom is -0.315 e. The summed E-state index contributed by atoms with van der Waals surface area (Å²) in [7, 11) is -1.92. The first-order valence-electron chi connectivity index (χ1n) is 5.57. The highest BCUT2D eigenvalue weighted by Gasteiger charge is 2.29. The average Bonchev–Trinajstić information content (AvgIpc) is 2.51. The quantitative estimate of drug-likeness (QED) is 0.897. The number of sulfonamides is 1. The van der Waals surface area contributed by atoms with Gasteiger partial charge in [-0.1, -0.05) is 17.8 Å². The lowest BCUT2D eigenvalue weighted by molar-refractivity contribution is 0.263. The van der Waals surface area contributed by atoms with Gasteiger partial charge in [0.25, 0.3) is 10.0 Å². The molecule has 0 spiro atoms. The first-order chi connectivity index (χ1) is 7.91. The van der Waals surface area contributed by atoms with Crippen molar-refractivity contribution in [3.05, 3.63) is 15.4 Å². The summed E-state index contributed by atoms with van der Waals surface area (Å²) in [4.78, 5) is 13.3. The molecule has 0 atom stereocenters. The SMILES string of the molecule is Cc1[nH]c(=O)sc1S(=O)(=O)N(C)CC1CCC1. The molecular formula is C10H16N2O3S2. The number of aryl methyl sites for hydroxylation is 1. The molecule has 1 heterocycles. The van der Waals surface area contributed by atoms with Crippen LogP contribution in [0.3, 0.4) is 0 Å². The summed E-state index contributed by atoms with van der Waals surface area (Å²) in [5, 5.41) is 0. The minimum atomic E-state index is -3.50. The Morgan fingerprint density at radius 1 is 1.47 bits per heavy atom. The van der Waals surface area contributed by atoms with E-state index in [1.165, 1.54) is 10.7 Å². The van der Waals surface area contributed by atoms with Crippen molar-refractivity contribution in [3.63, 3.8) is 0 Å². The van der Waals surface area contributed by atoms with E-state index in [4.69, 9.17) is 0 Å². The van der Waals surface area contributed by atoms with Gasteiger partial charge in [0.05, 0.1) is 0 Å². The van der Waals surface area contributed by atoms with E-state index in [1.54, 1.807) is 14.0 Å². The number of H-pyrrole nitrogens is 1. The number of aromatic amines is 1. The Bertz CT molecular complexity index is 554. The first-order valence-corrected chi connectivity index (χ1v) is 7.83. The van der Waals surface area contributed by atoms with Gasteiger partial charge >= 0.3 is 4.87 Å². The van der Waals surface area contributed by atoms with Crippen LogP contribution in [0, 0.1) is 12.8 Å². The number of hydrogen-bond donors (Lipinski definition) is 1. The smallest absolute Gasteiger partial charge is 0.305 e. The number of nitrogens with one attached hydrogen (secondary N) is 1. The Hall–Kier alpha value is -0.660. The second kappa shape index (κ2) is 4.55. The highest BCUT2D eigenvalue weighted by Crippen LogP contribution is 2.29. The number of hydrogen-bond acceptors (Lipinski definition) is 4. The molecule has 0 aromatic carbocycles. The molecule has 1 saturated carbocycles. The lowest BCUT2D eigenvalue weighted by Crippen LogP contribution is -2.34. The Morgan fingerprint density at radius 2 is 2.12 bits per heavy atom. The van der Waals surface area contributed by atoms with Crippen molar-refractivity contribution >= 4 is 21.4 Å². The van der Waals surface area contributed by atoms with Gasteiger partial charge in [-0.15, -0.1) is 0 Å². The Balaban J connectivity index is 2.22. The minimum absolute atomic E-state index is 0.143. The molecule has 1 aromatic heterocycles. The number of aromatic nitrogens is 1. The first kappa shape index (κ1) is 12.8. The van der Waals surface area contributed by atoms with Crippen molar-refractivity contribution in [1.82, 2.24) is 9.29 Å². The largest absolute Gasteiger partial charge is 0.315 e. The van der Waals surface area contributed by atoms with Crippen molar-refractivity contribution in [1.29, 1.82) is 0 Å². The molecule has 1 aromatic rings. The third-order valence-electron chi connectivity index (χ3n) is 3.17. The average molecular weight is 276 g/mol. The standard InChI is InChI=1S/C10H16N2O3S2/c1-7-9(16-10(13)11-7)17(14,15)12(2)6-8-4-3-5-8/h8H,3-6H2,1-2H3,(H,11,13). The maximum atomic E-state index is 12.2. The van der Waals surface area contributed by atoms with Gasteiger partial charge in [-0.05, 0) is 25.7 Å². The predicted molar refractivity (Wildman–Crippen MR) is 66.8 cm³/mol. The Kier molecular flexibility index (Phi) is 3.42. The van der Waals surface area contributed by atoms with E-state index in [9.17, 15) is 13.2 Å². The molecule has 1 N–H and O–H groups in total. The molecule has 2 rings (SSSR count). The van der Waals surface area contributed by atoms with Crippen LogP contribution in [-0.4, -0.2) is 31.3 Å². The fraction of sp³-hybridized carbons (Fsp3) is 0.700. The lowest BCUT2D eigenvalue weighted by Gasteiger charge is -2.29. The van der Waals surface area contributed by atoms with Gasteiger partial charge in [-0.2, -0.15) is 4.31 Å². The van der Waals surface area contributed by atoms with Crippen molar-refractivity contribution in [3.8, 4) is 0 Å². The van der Waals surface area contributed by atoms with Crippen molar-refractivity contribution in [2.75, 3.05) is 13.6 Å². The number of nitrogens with zero attached hydrogens (tertiary/aromatic N) is 1. The van der Waals surface area contributed by atoms with Gasteiger partial charge in [0.1, 0.15) is 0 Å². The molecule has 0 saturated heterocycles. The van der Waals surface area contributed by atoms with E-state index >= 15 is 0 Å². The fourth-order valence-electron chi connectivity index (χ4n) is 1.92. The van der Waals surface area contributed by atoms with Gasteiger partial charge in [0, 0.05) is 19.3 Å². The van der Waals surface area contributed by atoms with E-state index in [0.29, 0.717) is 18.2 Å². The molecule has 0 amide bonds. The fourth-order valence-corrected chi connectivity index (χ4v) is 4.65. The second-order valence-electron chi connectivity index (χ2n) is 4.51. The van der Waals surface area contributed by atoms with Crippen LogP contribution in [0.1, 0.15) is 25.0 Å². The highest BCUT2D eigenvalue weighted by molar-refractivity contribution is 7.91. The molecule has 1 fully saturated rings. The zero-order chi connectivity index (χ0) is 12.6. The van der Waals surface area contributed by atoms with Crippen molar-refractivity contribution in [2.45, 2.75) is 30.4 Å². The van der Waals surface area contributed by atoms with Crippen LogP contribution in [0.4, 0.5) is 0 Å². The van der Waals surface area contributed by atoms with Crippen molar-refractivity contribution in [2.24, 2.45) is 5.92 Å². The second-order valence-corrected chi connectivity index (χ2v) is 7.73. The third-order valence-corrected chi connectivity index (χ3v) is 6.57. The molecule has 0 radical (unpaired) electrons. The molecule has 96 valence electrons. The summed E-state index contributed by atoms with van der Waals surface area (Å²) < 4.78 is 25.9. The van der Waals surface area contributed by atoms with E-state index in [0.717, 1.165) is 24.2 Å². The molecule has 1 aliphatic carbocycles. The zero-order valence-corrected chi connectivity index (χ0v) is 11.5. The summed E-state index contributed by atoms with van der Waals surface area (Å²) in [6, 6.07) is 0. The maximum Gasteiger partial charge on any atom is 0.305 e. The summed E-state index contributed by atoms with van der Waals surface area (Å²) in [5.74, 6) is 0.478. The molecule has 17 heavy (non-hydrogen) atoms. The molecule has 5 nitrogen and oxygen atoms in total. The lowest BCUT2D eigenvalue weighted by atomic mass is 9.86. The number of thiazole rings is 1. The Morgan fingerprint density at radius 3 is 2.53 bits per heavy atom. The molecule has 0 bridgehead atoms. The van der Waals surface area contributed by atoms with Crippen LogP contribution < -0.4 is 4.87 Å². The normalized spacial score (nSPS) is 17.4. The van der Waals surface area contributed by atoms with E-state index in [-0.39, 0.29) is 9.08 Å². The van der Waals surface area contributed by atoms with Crippen LogP contribution in [0.25, 0.3) is 0 Å². The van der Waals surface area contributed by atoms with Gasteiger partial charge in [-0.3, -0.25) is 4.79 Å². The molecule has 0 unspecified atom stereocenters.